The molecule has 0 aliphatic heterocycles. The molecule has 0 N–H and O–H groups in total. The molecule has 2 aromatic heterocycles. The molecule has 13 aromatic rings. The summed E-state index contributed by atoms with van der Waals surface area (Å²) in [5.41, 5.74) is 20.4. The van der Waals surface area contributed by atoms with Crippen LogP contribution >= 0.6 is 0 Å². The first-order valence-corrected chi connectivity index (χ1v) is 24.1. The van der Waals surface area contributed by atoms with Gasteiger partial charge < -0.3 is 13.9 Å². The number of hydrogen-bond acceptors (Lipinski definition) is 2. The van der Waals surface area contributed by atoms with E-state index in [0.29, 0.717) is 0 Å². The lowest BCUT2D eigenvalue weighted by Gasteiger charge is -2.34. The average molecular weight is 893 g/mol. The number of para-hydroxylation sites is 3. The molecule has 0 fully saturated rings. The van der Waals surface area contributed by atoms with E-state index in [1.807, 2.05) is 12.1 Å². The van der Waals surface area contributed by atoms with Gasteiger partial charge in [-0.3, -0.25) is 0 Å². The number of nitrogens with zero attached hydrogens (tertiary/aromatic N) is 2. The minimum absolute atomic E-state index is 0.489. The molecular weight excluding hydrogens is 849 g/mol. The number of aromatic nitrogens is 1. The van der Waals surface area contributed by atoms with Crippen molar-refractivity contribution in [2.45, 2.75) is 5.41 Å². The maximum absolute atomic E-state index is 6.21. The number of rotatable bonds is 8. The fourth-order valence-electron chi connectivity index (χ4n) is 11.6. The van der Waals surface area contributed by atoms with E-state index in [4.69, 9.17) is 4.42 Å². The molecule has 328 valence electrons. The van der Waals surface area contributed by atoms with Gasteiger partial charge in [0, 0.05) is 44.2 Å². The van der Waals surface area contributed by atoms with Crippen molar-refractivity contribution in [3.8, 4) is 39.1 Å². The summed E-state index contributed by atoms with van der Waals surface area (Å²) in [5.74, 6) is 0. The molecule has 70 heavy (non-hydrogen) atoms. The third-order valence-corrected chi connectivity index (χ3v) is 14.7. The summed E-state index contributed by atoms with van der Waals surface area (Å²) in [5, 5.41) is 4.69. The molecule has 14 rings (SSSR count). The molecule has 3 nitrogen and oxygen atoms in total. The first-order valence-electron chi connectivity index (χ1n) is 24.1. The highest BCUT2D eigenvalue weighted by atomic mass is 16.3. The standard InChI is InChI=1S/C67H44N2O/c1-4-20-49(21-5-1)67(50-22-6-2-7-23-50)59-29-13-10-28-57(59)66-60(67)30-17-32-62(66)69-61-31-14-11-26-54(61)55-40-36-48(43-63(55)69)47-19-16-18-46(42-47)45-34-37-52(38-35-45)68(51-24-8-3-9-25-51)53-39-41-65-58(44-53)56-27-12-15-33-64(56)70-65/h1-44H. The van der Waals surface area contributed by atoms with E-state index >= 15 is 0 Å². The van der Waals surface area contributed by atoms with Gasteiger partial charge in [0.15, 0.2) is 0 Å². The van der Waals surface area contributed by atoms with Crippen molar-refractivity contribution < 1.29 is 4.42 Å². The lowest BCUT2D eigenvalue weighted by atomic mass is 9.68. The van der Waals surface area contributed by atoms with E-state index < -0.39 is 5.41 Å². The van der Waals surface area contributed by atoms with Crippen LogP contribution in [0.1, 0.15) is 22.3 Å². The van der Waals surface area contributed by atoms with Gasteiger partial charge in [0.25, 0.3) is 0 Å². The maximum Gasteiger partial charge on any atom is 0.135 e. The van der Waals surface area contributed by atoms with Gasteiger partial charge in [-0.25, -0.2) is 0 Å². The second kappa shape index (κ2) is 16.0. The van der Waals surface area contributed by atoms with Crippen molar-refractivity contribution in [3.05, 3.63) is 289 Å². The van der Waals surface area contributed by atoms with E-state index in [1.165, 1.54) is 72.0 Å². The van der Waals surface area contributed by atoms with Crippen molar-refractivity contribution in [2.24, 2.45) is 0 Å². The highest BCUT2D eigenvalue weighted by Gasteiger charge is 2.47. The number of furan rings is 1. The van der Waals surface area contributed by atoms with Gasteiger partial charge in [0.1, 0.15) is 11.2 Å². The first kappa shape index (κ1) is 39.9. The summed E-state index contributed by atoms with van der Waals surface area (Å²) in [7, 11) is 0. The Balaban J connectivity index is 0.884. The summed E-state index contributed by atoms with van der Waals surface area (Å²) >= 11 is 0. The summed E-state index contributed by atoms with van der Waals surface area (Å²) in [4.78, 5) is 2.32. The zero-order valence-electron chi connectivity index (χ0n) is 38.2. The molecule has 11 aromatic carbocycles. The van der Waals surface area contributed by atoms with E-state index in [1.54, 1.807) is 0 Å². The molecule has 2 heterocycles. The third kappa shape index (κ3) is 6.08. The zero-order valence-corrected chi connectivity index (χ0v) is 38.2. The Labute approximate surface area is 406 Å². The maximum atomic E-state index is 6.21. The normalized spacial score (nSPS) is 12.7. The Hall–Kier alpha value is -9.18. The van der Waals surface area contributed by atoms with Crippen LogP contribution in [0.3, 0.4) is 0 Å². The summed E-state index contributed by atoms with van der Waals surface area (Å²) in [6.07, 6.45) is 0. The van der Waals surface area contributed by atoms with E-state index in [-0.39, 0.29) is 0 Å². The SMILES string of the molecule is c1ccc(N(c2ccc(-c3cccc(-c4ccc5c6ccccc6n(-c6cccc7c6-c6ccccc6C7(c6ccccc6)c6ccccc6)c5c4)c3)cc2)c2ccc3oc4ccccc4c3c2)cc1. The molecular formula is C67H44N2O. The first-order chi connectivity index (χ1) is 34.7. The average Bonchev–Trinajstić information content (AvgIpc) is 4.08. The van der Waals surface area contributed by atoms with Gasteiger partial charge in [0.2, 0.25) is 0 Å². The molecule has 0 radical (unpaired) electrons. The predicted octanol–water partition coefficient (Wildman–Crippen LogP) is 17.8. The Morgan fingerprint density at radius 1 is 0.329 bits per heavy atom. The van der Waals surface area contributed by atoms with Gasteiger partial charge in [-0.1, -0.05) is 194 Å². The van der Waals surface area contributed by atoms with Crippen LogP contribution in [-0.4, -0.2) is 4.57 Å². The van der Waals surface area contributed by atoms with E-state index in [0.717, 1.165) is 50.1 Å². The van der Waals surface area contributed by atoms with Crippen LogP contribution in [0.15, 0.2) is 271 Å². The van der Waals surface area contributed by atoms with E-state index in [9.17, 15) is 0 Å². The molecule has 1 aliphatic rings. The van der Waals surface area contributed by atoms with Crippen molar-refractivity contribution in [3.63, 3.8) is 0 Å². The fraction of sp³-hybridized carbons (Fsp3) is 0.0149. The molecule has 0 spiro atoms. The van der Waals surface area contributed by atoms with Gasteiger partial charge in [-0.05, 0) is 123 Å². The van der Waals surface area contributed by atoms with Crippen molar-refractivity contribution in [1.29, 1.82) is 0 Å². The Bertz CT molecular complexity index is 4070. The Kier molecular flexibility index (Phi) is 9.11. The monoisotopic (exact) mass is 892 g/mol. The molecule has 0 bridgehead atoms. The van der Waals surface area contributed by atoms with Crippen molar-refractivity contribution >= 4 is 60.8 Å². The van der Waals surface area contributed by atoms with Gasteiger partial charge in [0.05, 0.1) is 22.1 Å². The van der Waals surface area contributed by atoms with Crippen molar-refractivity contribution in [1.82, 2.24) is 4.57 Å². The molecule has 0 atom stereocenters. The number of anilines is 3. The third-order valence-electron chi connectivity index (χ3n) is 14.7. The fourth-order valence-corrected chi connectivity index (χ4v) is 11.6. The number of hydrogen-bond donors (Lipinski definition) is 0. The van der Waals surface area contributed by atoms with Gasteiger partial charge in [-0.2, -0.15) is 0 Å². The largest absolute Gasteiger partial charge is 0.456 e. The van der Waals surface area contributed by atoms with Crippen LogP contribution in [0.4, 0.5) is 17.1 Å². The minimum Gasteiger partial charge on any atom is -0.456 e. The van der Waals surface area contributed by atoms with Crippen LogP contribution in [0.5, 0.6) is 0 Å². The summed E-state index contributed by atoms with van der Waals surface area (Å²) in [6, 6.07) is 97.3. The number of fused-ring (bicyclic) bond motifs is 9. The molecule has 0 saturated heterocycles. The minimum atomic E-state index is -0.489. The Morgan fingerprint density at radius 3 is 1.67 bits per heavy atom. The topological polar surface area (TPSA) is 21.3 Å². The molecule has 0 amide bonds. The highest BCUT2D eigenvalue weighted by molar-refractivity contribution is 6.11. The second-order valence-corrected chi connectivity index (χ2v) is 18.4. The lowest BCUT2D eigenvalue weighted by Crippen LogP contribution is -2.28. The smallest absolute Gasteiger partial charge is 0.135 e. The lowest BCUT2D eigenvalue weighted by molar-refractivity contribution is 0.669. The summed E-state index contributed by atoms with van der Waals surface area (Å²) < 4.78 is 8.73. The van der Waals surface area contributed by atoms with Crippen LogP contribution in [-0.2, 0) is 5.41 Å². The molecule has 3 heteroatoms. The van der Waals surface area contributed by atoms with E-state index in [2.05, 4.69) is 264 Å². The Morgan fingerprint density at radius 2 is 0.886 bits per heavy atom. The summed E-state index contributed by atoms with van der Waals surface area (Å²) in [6.45, 7) is 0. The molecule has 0 saturated carbocycles. The van der Waals surface area contributed by atoms with Crippen molar-refractivity contribution in [2.75, 3.05) is 4.90 Å². The van der Waals surface area contributed by atoms with Crippen LogP contribution < -0.4 is 4.90 Å². The molecule has 1 aliphatic carbocycles. The van der Waals surface area contributed by atoms with Gasteiger partial charge >= 0.3 is 0 Å². The highest BCUT2D eigenvalue weighted by Crippen LogP contribution is 2.58. The van der Waals surface area contributed by atoms with Gasteiger partial charge in [-0.15, -0.1) is 0 Å². The van der Waals surface area contributed by atoms with Crippen LogP contribution in [0.25, 0.3) is 82.8 Å². The van der Waals surface area contributed by atoms with Crippen LogP contribution in [0, 0.1) is 0 Å². The zero-order chi connectivity index (χ0) is 46.2. The quantitative estimate of drug-likeness (QED) is 0.152. The van der Waals surface area contributed by atoms with Crippen LogP contribution in [0.2, 0.25) is 0 Å². The number of benzene rings is 11. The second-order valence-electron chi connectivity index (χ2n) is 18.4. The molecule has 0 unspecified atom stereocenters. The predicted molar refractivity (Wildman–Crippen MR) is 291 cm³/mol.